The standard InChI is InChI=1S/C13H19NO2/c1-9(2)10-4-6-11(7-5-10)13(15)12(14)8-16-3/h4-7,9,12H,8,14H2,1-3H3. The van der Waals surface area contributed by atoms with Crippen molar-refractivity contribution >= 4 is 5.78 Å². The Morgan fingerprint density at radius 2 is 1.88 bits per heavy atom. The van der Waals surface area contributed by atoms with E-state index in [1.54, 1.807) is 0 Å². The van der Waals surface area contributed by atoms with Crippen LogP contribution < -0.4 is 5.73 Å². The third-order valence-corrected chi connectivity index (χ3v) is 2.54. The molecular weight excluding hydrogens is 202 g/mol. The van der Waals surface area contributed by atoms with Gasteiger partial charge in [0, 0.05) is 12.7 Å². The minimum atomic E-state index is -0.574. The van der Waals surface area contributed by atoms with Gasteiger partial charge < -0.3 is 10.5 Å². The third kappa shape index (κ3) is 3.15. The second-order valence-corrected chi connectivity index (χ2v) is 4.20. The van der Waals surface area contributed by atoms with Crippen LogP contribution in [0.1, 0.15) is 35.7 Å². The van der Waals surface area contributed by atoms with Gasteiger partial charge in [0.15, 0.2) is 5.78 Å². The van der Waals surface area contributed by atoms with E-state index in [1.807, 2.05) is 24.3 Å². The lowest BCUT2D eigenvalue weighted by atomic mass is 9.99. The van der Waals surface area contributed by atoms with Crippen molar-refractivity contribution in [1.29, 1.82) is 0 Å². The minimum absolute atomic E-state index is 0.0721. The molecule has 0 spiro atoms. The van der Waals surface area contributed by atoms with E-state index < -0.39 is 6.04 Å². The van der Waals surface area contributed by atoms with Gasteiger partial charge in [0.25, 0.3) is 0 Å². The Balaban J connectivity index is 2.77. The summed E-state index contributed by atoms with van der Waals surface area (Å²) in [4.78, 5) is 11.8. The first-order chi connectivity index (χ1) is 7.56. The van der Waals surface area contributed by atoms with Crippen LogP contribution >= 0.6 is 0 Å². The van der Waals surface area contributed by atoms with Gasteiger partial charge >= 0.3 is 0 Å². The third-order valence-electron chi connectivity index (χ3n) is 2.54. The number of rotatable bonds is 5. The molecule has 2 N–H and O–H groups in total. The summed E-state index contributed by atoms with van der Waals surface area (Å²) >= 11 is 0. The van der Waals surface area contributed by atoms with E-state index in [0.717, 1.165) is 0 Å². The van der Waals surface area contributed by atoms with Crippen LogP contribution in [0.3, 0.4) is 0 Å². The predicted molar refractivity (Wildman–Crippen MR) is 64.7 cm³/mol. The molecular formula is C13H19NO2. The van der Waals surface area contributed by atoms with Gasteiger partial charge in [0.2, 0.25) is 0 Å². The molecule has 16 heavy (non-hydrogen) atoms. The van der Waals surface area contributed by atoms with E-state index in [4.69, 9.17) is 10.5 Å². The Morgan fingerprint density at radius 1 is 1.31 bits per heavy atom. The maximum absolute atomic E-state index is 11.8. The van der Waals surface area contributed by atoms with E-state index in [9.17, 15) is 4.79 Å². The fraction of sp³-hybridized carbons (Fsp3) is 0.462. The largest absolute Gasteiger partial charge is 0.383 e. The highest BCUT2D eigenvalue weighted by atomic mass is 16.5. The molecule has 0 aliphatic carbocycles. The summed E-state index contributed by atoms with van der Waals surface area (Å²) in [6.07, 6.45) is 0. The summed E-state index contributed by atoms with van der Waals surface area (Å²) in [6.45, 7) is 4.49. The lowest BCUT2D eigenvalue weighted by Gasteiger charge is -2.10. The average Bonchev–Trinajstić information content (AvgIpc) is 2.28. The summed E-state index contributed by atoms with van der Waals surface area (Å²) in [7, 11) is 1.54. The molecule has 0 radical (unpaired) electrons. The molecule has 1 aromatic rings. The van der Waals surface area contributed by atoms with Crippen LogP contribution in [-0.4, -0.2) is 25.5 Å². The molecule has 0 aromatic heterocycles. The summed E-state index contributed by atoms with van der Waals surface area (Å²) < 4.78 is 4.86. The van der Waals surface area contributed by atoms with Crippen LogP contribution in [0.15, 0.2) is 24.3 Å². The van der Waals surface area contributed by atoms with Crippen molar-refractivity contribution in [1.82, 2.24) is 0 Å². The monoisotopic (exact) mass is 221 g/mol. The SMILES string of the molecule is COCC(N)C(=O)c1ccc(C(C)C)cc1. The zero-order chi connectivity index (χ0) is 12.1. The molecule has 1 atom stereocenters. The molecule has 0 aliphatic heterocycles. The Hall–Kier alpha value is -1.19. The van der Waals surface area contributed by atoms with Gasteiger partial charge in [-0.15, -0.1) is 0 Å². The minimum Gasteiger partial charge on any atom is -0.383 e. The number of ketones is 1. The van der Waals surface area contributed by atoms with Gasteiger partial charge in [-0.05, 0) is 11.5 Å². The number of benzene rings is 1. The number of nitrogens with two attached hydrogens (primary N) is 1. The predicted octanol–water partition coefficient (Wildman–Crippen LogP) is 1.97. The molecule has 88 valence electrons. The Bertz CT molecular complexity index is 343. The molecule has 0 saturated carbocycles. The molecule has 3 nitrogen and oxygen atoms in total. The van der Waals surface area contributed by atoms with Crippen molar-refractivity contribution in [3.05, 3.63) is 35.4 Å². The van der Waals surface area contributed by atoms with Crippen LogP contribution in [0.5, 0.6) is 0 Å². The van der Waals surface area contributed by atoms with E-state index in [2.05, 4.69) is 13.8 Å². The van der Waals surface area contributed by atoms with Crippen molar-refractivity contribution in [2.24, 2.45) is 5.73 Å². The van der Waals surface area contributed by atoms with E-state index in [0.29, 0.717) is 11.5 Å². The Morgan fingerprint density at radius 3 is 2.31 bits per heavy atom. The number of hydrogen-bond acceptors (Lipinski definition) is 3. The van der Waals surface area contributed by atoms with Gasteiger partial charge in [-0.25, -0.2) is 0 Å². The van der Waals surface area contributed by atoms with E-state index in [-0.39, 0.29) is 12.4 Å². The van der Waals surface area contributed by atoms with Crippen LogP contribution in [0.2, 0.25) is 0 Å². The first kappa shape index (κ1) is 12.9. The van der Waals surface area contributed by atoms with Crippen molar-refractivity contribution < 1.29 is 9.53 Å². The smallest absolute Gasteiger partial charge is 0.181 e. The first-order valence-electron chi connectivity index (χ1n) is 5.45. The van der Waals surface area contributed by atoms with Gasteiger partial charge in [-0.1, -0.05) is 38.1 Å². The topological polar surface area (TPSA) is 52.3 Å². The fourth-order valence-electron chi connectivity index (χ4n) is 1.50. The number of ether oxygens (including phenoxy) is 1. The highest BCUT2D eigenvalue weighted by Crippen LogP contribution is 2.15. The first-order valence-corrected chi connectivity index (χ1v) is 5.45. The zero-order valence-corrected chi connectivity index (χ0v) is 10.1. The molecule has 0 saturated heterocycles. The number of hydrogen-bond donors (Lipinski definition) is 1. The van der Waals surface area contributed by atoms with Gasteiger partial charge in [-0.2, -0.15) is 0 Å². The zero-order valence-electron chi connectivity index (χ0n) is 10.1. The summed E-state index contributed by atoms with van der Waals surface area (Å²) in [5.41, 5.74) is 7.55. The molecule has 0 amide bonds. The van der Waals surface area contributed by atoms with Gasteiger partial charge in [-0.3, -0.25) is 4.79 Å². The fourth-order valence-corrected chi connectivity index (χ4v) is 1.50. The molecule has 0 fully saturated rings. The van der Waals surface area contributed by atoms with Crippen molar-refractivity contribution in [2.45, 2.75) is 25.8 Å². The Kier molecular flexibility index (Phi) is 4.65. The molecule has 3 heteroatoms. The maximum Gasteiger partial charge on any atom is 0.181 e. The van der Waals surface area contributed by atoms with E-state index >= 15 is 0 Å². The van der Waals surface area contributed by atoms with Gasteiger partial charge in [0.05, 0.1) is 12.6 Å². The summed E-state index contributed by atoms with van der Waals surface area (Å²) in [5, 5.41) is 0. The lowest BCUT2D eigenvalue weighted by Crippen LogP contribution is -2.34. The van der Waals surface area contributed by atoms with E-state index in [1.165, 1.54) is 12.7 Å². The van der Waals surface area contributed by atoms with Crippen LogP contribution in [0.25, 0.3) is 0 Å². The average molecular weight is 221 g/mol. The van der Waals surface area contributed by atoms with Crippen molar-refractivity contribution in [3.8, 4) is 0 Å². The maximum atomic E-state index is 11.8. The highest BCUT2D eigenvalue weighted by Gasteiger charge is 2.15. The quantitative estimate of drug-likeness (QED) is 0.773. The lowest BCUT2D eigenvalue weighted by molar-refractivity contribution is 0.0892. The molecule has 0 heterocycles. The molecule has 0 bridgehead atoms. The number of methoxy groups -OCH3 is 1. The van der Waals surface area contributed by atoms with Crippen molar-refractivity contribution in [2.75, 3.05) is 13.7 Å². The number of Topliss-reactive ketones (excluding diaryl/α,β-unsaturated/α-hetero) is 1. The van der Waals surface area contributed by atoms with Crippen LogP contribution in [0, 0.1) is 0 Å². The number of carbonyl (C=O) groups is 1. The second-order valence-electron chi connectivity index (χ2n) is 4.20. The number of carbonyl (C=O) groups excluding carboxylic acids is 1. The van der Waals surface area contributed by atoms with Crippen molar-refractivity contribution in [3.63, 3.8) is 0 Å². The van der Waals surface area contributed by atoms with Gasteiger partial charge in [0.1, 0.15) is 0 Å². The summed E-state index contributed by atoms with van der Waals surface area (Å²) in [6, 6.07) is 7.02. The Labute approximate surface area is 96.6 Å². The van der Waals surface area contributed by atoms with Crippen LogP contribution in [0.4, 0.5) is 0 Å². The summed E-state index contributed by atoms with van der Waals surface area (Å²) in [5.74, 6) is 0.397. The molecule has 1 rings (SSSR count). The normalized spacial score (nSPS) is 12.8. The van der Waals surface area contributed by atoms with Crippen LogP contribution in [-0.2, 0) is 4.74 Å². The molecule has 1 aromatic carbocycles. The second kappa shape index (κ2) is 5.77. The highest BCUT2D eigenvalue weighted by molar-refractivity contribution is 6.00. The molecule has 0 aliphatic rings. The molecule has 1 unspecified atom stereocenters.